The highest BCUT2D eigenvalue weighted by atomic mass is 32.9. The fraction of sp³-hybridized carbons (Fsp3) is 1.00. The second kappa shape index (κ2) is 22.3. The van der Waals surface area contributed by atoms with E-state index in [2.05, 4.69) is 26.1 Å². The van der Waals surface area contributed by atoms with Crippen LogP contribution in [0.2, 0.25) is 0 Å². The van der Waals surface area contributed by atoms with Crippen LogP contribution in [-0.2, 0) is 20.9 Å². The van der Waals surface area contributed by atoms with Crippen molar-refractivity contribution < 1.29 is 9.05 Å². The molecule has 0 fully saturated rings. The standard InChI is InChI=1S/C20H43O2PS4/c1-3-5-7-9-11-13-17-26-19-15-21-23(24,25)22-16-20-27-18-14-12-10-8-6-4-2/h3-20H2,1-2H3,(H,24,25). The third-order valence-electron chi connectivity index (χ3n) is 4.25. The van der Waals surface area contributed by atoms with Crippen LogP contribution in [0.15, 0.2) is 0 Å². The summed E-state index contributed by atoms with van der Waals surface area (Å²) in [7, 11) is 0. The van der Waals surface area contributed by atoms with E-state index in [1.165, 1.54) is 88.6 Å². The molecule has 0 saturated heterocycles. The Morgan fingerprint density at radius 1 is 0.630 bits per heavy atom. The minimum atomic E-state index is -2.34. The van der Waals surface area contributed by atoms with Gasteiger partial charge >= 0.3 is 0 Å². The van der Waals surface area contributed by atoms with E-state index in [9.17, 15) is 0 Å². The Balaban J connectivity index is 3.32. The minimum absolute atomic E-state index is 0.659. The number of thiol groups is 1. The highest BCUT2D eigenvalue weighted by Crippen LogP contribution is 2.53. The molecule has 0 spiro atoms. The molecule has 164 valence electrons. The van der Waals surface area contributed by atoms with Gasteiger partial charge in [0.1, 0.15) is 0 Å². The van der Waals surface area contributed by atoms with Gasteiger partial charge in [-0.3, -0.25) is 0 Å². The van der Waals surface area contributed by atoms with Crippen molar-refractivity contribution in [1.29, 1.82) is 0 Å². The van der Waals surface area contributed by atoms with Gasteiger partial charge in [0.15, 0.2) is 0 Å². The second-order valence-corrected chi connectivity index (χ2v) is 14.6. The Bertz CT molecular complexity index is 318. The van der Waals surface area contributed by atoms with Gasteiger partial charge in [0.2, 0.25) is 5.69 Å². The average Bonchev–Trinajstić information content (AvgIpc) is 2.64. The molecule has 0 N–H and O–H groups in total. The normalized spacial score (nSPS) is 12.0. The molecule has 0 atom stereocenters. The van der Waals surface area contributed by atoms with Crippen LogP contribution in [0.1, 0.15) is 90.9 Å². The summed E-state index contributed by atoms with van der Waals surface area (Å²) in [5.74, 6) is 4.43. The van der Waals surface area contributed by atoms with Gasteiger partial charge in [0, 0.05) is 11.5 Å². The number of hydrogen-bond acceptors (Lipinski definition) is 5. The van der Waals surface area contributed by atoms with Crippen molar-refractivity contribution >= 4 is 53.3 Å². The van der Waals surface area contributed by atoms with Crippen molar-refractivity contribution in [3.63, 3.8) is 0 Å². The number of hydrogen-bond donors (Lipinski definition) is 1. The van der Waals surface area contributed by atoms with Crippen molar-refractivity contribution in [3.8, 4) is 0 Å². The summed E-state index contributed by atoms with van der Waals surface area (Å²) in [6, 6.07) is 0. The summed E-state index contributed by atoms with van der Waals surface area (Å²) >= 11 is 13.7. The van der Waals surface area contributed by atoms with Gasteiger partial charge in [0.25, 0.3) is 0 Å². The van der Waals surface area contributed by atoms with Gasteiger partial charge in [0.05, 0.1) is 13.2 Å². The predicted octanol–water partition coefficient (Wildman–Crippen LogP) is 8.36. The number of thioether (sulfide) groups is 2. The smallest absolute Gasteiger partial charge is 0.244 e. The van der Waals surface area contributed by atoms with Crippen molar-refractivity contribution in [2.24, 2.45) is 0 Å². The van der Waals surface area contributed by atoms with Crippen LogP contribution in [-0.4, -0.2) is 36.2 Å². The van der Waals surface area contributed by atoms with Gasteiger partial charge in [-0.05, 0) is 36.2 Å². The van der Waals surface area contributed by atoms with Crippen molar-refractivity contribution in [3.05, 3.63) is 0 Å². The first-order valence-corrected chi connectivity index (χ1v) is 17.0. The first kappa shape index (κ1) is 28.6. The molecular formula is C20H43O2PS4. The average molecular weight is 475 g/mol. The van der Waals surface area contributed by atoms with Crippen LogP contribution < -0.4 is 0 Å². The topological polar surface area (TPSA) is 18.5 Å². The highest BCUT2D eigenvalue weighted by molar-refractivity contribution is 8.60. The SMILES string of the molecule is CCCCCCCCSCCOP(=S)(S)OCCSCCCCCCCC. The van der Waals surface area contributed by atoms with E-state index in [1.54, 1.807) is 0 Å². The summed E-state index contributed by atoms with van der Waals surface area (Å²) < 4.78 is 11.4. The van der Waals surface area contributed by atoms with Gasteiger partial charge in [-0.1, -0.05) is 90.3 Å². The van der Waals surface area contributed by atoms with Crippen LogP contribution in [0.4, 0.5) is 0 Å². The lowest BCUT2D eigenvalue weighted by molar-refractivity contribution is 0.284. The van der Waals surface area contributed by atoms with Crippen LogP contribution >= 0.6 is 41.5 Å². The van der Waals surface area contributed by atoms with Gasteiger partial charge in [-0.25, -0.2) is 0 Å². The molecule has 0 saturated carbocycles. The fourth-order valence-corrected chi connectivity index (χ4v) is 6.16. The number of unbranched alkanes of at least 4 members (excludes halogenated alkanes) is 10. The van der Waals surface area contributed by atoms with Crippen molar-refractivity contribution in [1.82, 2.24) is 0 Å². The van der Waals surface area contributed by atoms with E-state index >= 15 is 0 Å². The predicted molar refractivity (Wildman–Crippen MR) is 137 cm³/mol. The summed E-state index contributed by atoms with van der Waals surface area (Å²) in [5, 5.41) is 0. The molecule has 0 aliphatic heterocycles. The Morgan fingerprint density at radius 3 is 1.41 bits per heavy atom. The second-order valence-electron chi connectivity index (χ2n) is 6.90. The molecule has 2 nitrogen and oxygen atoms in total. The molecule has 0 aliphatic rings. The first-order chi connectivity index (χ1) is 13.1. The molecule has 0 aliphatic carbocycles. The molecule has 27 heavy (non-hydrogen) atoms. The van der Waals surface area contributed by atoms with Crippen LogP contribution in [0.25, 0.3) is 0 Å². The lowest BCUT2D eigenvalue weighted by Gasteiger charge is -2.16. The molecule has 0 aromatic carbocycles. The van der Waals surface area contributed by atoms with E-state index in [-0.39, 0.29) is 0 Å². The zero-order valence-corrected chi connectivity index (χ0v) is 21.9. The first-order valence-electron chi connectivity index (χ1n) is 10.9. The van der Waals surface area contributed by atoms with Crippen LogP contribution in [0.5, 0.6) is 0 Å². The molecular weight excluding hydrogens is 431 g/mol. The molecule has 0 heterocycles. The fourth-order valence-electron chi connectivity index (χ4n) is 2.63. The van der Waals surface area contributed by atoms with Crippen molar-refractivity contribution in [2.45, 2.75) is 90.9 Å². The maximum absolute atomic E-state index is 5.71. The Hall–Kier alpha value is 1.62. The van der Waals surface area contributed by atoms with Gasteiger partial charge in [-0.2, -0.15) is 23.5 Å². The molecule has 0 radical (unpaired) electrons. The maximum Gasteiger partial charge on any atom is 0.244 e. The number of rotatable bonds is 22. The van der Waals surface area contributed by atoms with E-state index in [0.717, 1.165) is 11.5 Å². The van der Waals surface area contributed by atoms with E-state index in [4.69, 9.17) is 20.9 Å². The largest absolute Gasteiger partial charge is 0.321 e. The summed E-state index contributed by atoms with van der Waals surface area (Å²) in [6.45, 7) is 5.84. The summed E-state index contributed by atoms with van der Waals surface area (Å²) in [6.07, 6.45) is 16.3. The minimum Gasteiger partial charge on any atom is -0.321 e. The molecule has 0 rings (SSSR count). The Kier molecular flexibility index (Phi) is 23.6. The highest BCUT2D eigenvalue weighted by Gasteiger charge is 2.12. The lowest BCUT2D eigenvalue weighted by Crippen LogP contribution is -1.99. The van der Waals surface area contributed by atoms with E-state index < -0.39 is 5.69 Å². The Morgan fingerprint density at radius 2 is 1.00 bits per heavy atom. The van der Waals surface area contributed by atoms with Crippen molar-refractivity contribution in [2.75, 3.05) is 36.2 Å². The van der Waals surface area contributed by atoms with Gasteiger partial charge in [-0.15, -0.1) is 0 Å². The van der Waals surface area contributed by atoms with E-state index in [1.807, 2.05) is 23.5 Å². The van der Waals surface area contributed by atoms with Gasteiger partial charge < -0.3 is 9.05 Å². The lowest BCUT2D eigenvalue weighted by atomic mass is 10.1. The molecule has 0 aromatic rings. The quantitative estimate of drug-likeness (QED) is 0.0962. The third kappa shape index (κ3) is 23.8. The zero-order valence-electron chi connectivity index (χ0n) is 17.7. The zero-order chi connectivity index (χ0) is 20.1. The van der Waals surface area contributed by atoms with Crippen LogP contribution in [0, 0.1) is 0 Å². The molecule has 0 aromatic heterocycles. The Labute approximate surface area is 188 Å². The monoisotopic (exact) mass is 474 g/mol. The van der Waals surface area contributed by atoms with Crippen LogP contribution in [0.3, 0.4) is 0 Å². The maximum atomic E-state index is 5.71. The molecule has 7 heteroatoms. The summed E-state index contributed by atoms with van der Waals surface area (Å²) in [5.41, 5.74) is -2.34. The summed E-state index contributed by atoms with van der Waals surface area (Å²) in [4.78, 5) is 0. The molecule has 0 bridgehead atoms. The molecule has 0 amide bonds. The third-order valence-corrected chi connectivity index (χ3v) is 8.66. The van der Waals surface area contributed by atoms with E-state index in [0.29, 0.717) is 13.2 Å². The molecule has 0 unspecified atom stereocenters.